The van der Waals surface area contributed by atoms with Crippen LogP contribution >= 0.6 is 0 Å². The number of carbonyl (C=O) groups excluding carboxylic acids is 1. The van der Waals surface area contributed by atoms with Crippen LogP contribution in [0.25, 0.3) is 0 Å². The second kappa shape index (κ2) is 8.21. The molecule has 1 aromatic rings. The number of amides is 1. The van der Waals surface area contributed by atoms with Crippen LogP contribution in [0, 0.1) is 11.6 Å². The van der Waals surface area contributed by atoms with Crippen molar-refractivity contribution in [2.45, 2.75) is 13.0 Å². The fourth-order valence-electron chi connectivity index (χ4n) is 2.36. The summed E-state index contributed by atoms with van der Waals surface area (Å²) < 4.78 is 31.3. The van der Waals surface area contributed by atoms with E-state index in [9.17, 15) is 13.6 Å². The summed E-state index contributed by atoms with van der Waals surface area (Å²) >= 11 is 0. The van der Waals surface area contributed by atoms with Crippen molar-refractivity contribution in [3.05, 3.63) is 29.8 Å². The van der Waals surface area contributed by atoms with Crippen molar-refractivity contribution in [3.63, 3.8) is 0 Å². The summed E-state index contributed by atoms with van der Waals surface area (Å²) in [7, 11) is 2.09. The summed E-state index contributed by atoms with van der Waals surface area (Å²) in [5, 5.41) is 2.80. The maximum atomic E-state index is 13.1. The summed E-state index contributed by atoms with van der Waals surface area (Å²) in [6.45, 7) is 6.95. The zero-order chi connectivity index (χ0) is 16.8. The van der Waals surface area contributed by atoms with Crippen LogP contribution in [0.4, 0.5) is 8.78 Å². The van der Waals surface area contributed by atoms with Gasteiger partial charge in [-0.05, 0) is 26.1 Å². The van der Waals surface area contributed by atoms with Crippen LogP contribution in [-0.2, 0) is 4.79 Å². The molecule has 128 valence electrons. The smallest absolute Gasteiger partial charge is 0.260 e. The van der Waals surface area contributed by atoms with Crippen molar-refractivity contribution in [2.75, 3.05) is 46.3 Å². The van der Waals surface area contributed by atoms with Gasteiger partial charge in [0.1, 0.15) is 5.75 Å². The number of piperazine rings is 1. The summed E-state index contributed by atoms with van der Waals surface area (Å²) in [4.78, 5) is 16.5. The molecule has 1 fully saturated rings. The van der Waals surface area contributed by atoms with E-state index in [0.717, 1.165) is 44.9 Å². The van der Waals surface area contributed by atoms with Crippen LogP contribution in [0.15, 0.2) is 18.2 Å². The molecule has 1 aliphatic rings. The van der Waals surface area contributed by atoms with Gasteiger partial charge < -0.3 is 15.0 Å². The van der Waals surface area contributed by atoms with Crippen LogP contribution in [-0.4, -0.2) is 68.1 Å². The van der Waals surface area contributed by atoms with Gasteiger partial charge in [-0.25, -0.2) is 8.78 Å². The van der Waals surface area contributed by atoms with Crippen LogP contribution in [0.3, 0.4) is 0 Å². The molecule has 0 radical (unpaired) electrons. The molecule has 0 saturated carbocycles. The molecule has 1 heterocycles. The predicted octanol–water partition coefficient (Wildman–Crippen LogP) is 1.10. The van der Waals surface area contributed by atoms with Crippen molar-refractivity contribution in [3.8, 4) is 5.75 Å². The van der Waals surface area contributed by atoms with Gasteiger partial charge in [-0.1, -0.05) is 0 Å². The monoisotopic (exact) mass is 327 g/mol. The molecule has 1 aromatic carbocycles. The minimum atomic E-state index is -0.995. The number of halogens is 2. The summed E-state index contributed by atoms with van der Waals surface area (Å²) in [6, 6.07) is 3.21. The summed E-state index contributed by atoms with van der Waals surface area (Å²) in [5.74, 6) is -2.08. The van der Waals surface area contributed by atoms with Crippen LogP contribution in [0.1, 0.15) is 6.92 Å². The molecule has 0 spiro atoms. The summed E-state index contributed by atoms with van der Waals surface area (Å²) in [6.07, 6.45) is -0.771. The Labute approximate surface area is 135 Å². The van der Waals surface area contributed by atoms with Gasteiger partial charge in [0.05, 0.1) is 0 Å². The Kier molecular flexibility index (Phi) is 6.29. The molecule has 0 aromatic heterocycles. The van der Waals surface area contributed by atoms with Crippen LogP contribution in [0.2, 0.25) is 0 Å². The molecule has 1 N–H and O–H groups in total. The Hall–Kier alpha value is -1.73. The van der Waals surface area contributed by atoms with Gasteiger partial charge in [0.2, 0.25) is 0 Å². The van der Waals surface area contributed by atoms with E-state index >= 15 is 0 Å². The fraction of sp³-hybridized carbons (Fsp3) is 0.562. The molecule has 1 aliphatic heterocycles. The minimum Gasteiger partial charge on any atom is -0.481 e. The molecule has 23 heavy (non-hydrogen) atoms. The number of likely N-dealkylation sites (N-methyl/N-ethyl adjacent to an activating group) is 1. The minimum absolute atomic E-state index is 0.130. The highest BCUT2D eigenvalue weighted by Crippen LogP contribution is 2.16. The van der Waals surface area contributed by atoms with E-state index in [1.165, 1.54) is 6.07 Å². The zero-order valence-corrected chi connectivity index (χ0v) is 13.5. The van der Waals surface area contributed by atoms with E-state index in [0.29, 0.717) is 6.54 Å². The third-order valence-electron chi connectivity index (χ3n) is 3.90. The molecule has 0 bridgehead atoms. The Morgan fingerprint density at radius 3 is 2.61 bits per heavy atom. The van der Waals surface area contributed by atoms with Gasteiger partial charge in [0.15, 0.2) is 17.7 Å². The molecule has 1 atom stereocenters. The standard InChI is InChI=1S/C16H23F2N3O2/c1-12(23-13-3-4-14(17)15(18)11-13)16(22)19-5-6-21-9-7-20(2)8-10-21/h3-4,11-12H,5-10H2,1-2H3,(H,19,22)/t12-/m0/s1. The predicted molar refractivity (Wildman–Crippen MR) is 83.4 cm³/mol. The first kappa shape index (κ1) is 17.6. The van der Waals surface area contributed by atoms with E-state index in [1.54, 1.807) is 6.92 Å². The lowest BCUT2D eigenvalue weighted by atomic mass is 10.3. The van der Waals surface area contributed by atoms with Crippen LogP contribution in [0.5, 0.6) is 5.75 Å². The highest BCUT2D eigenvalue weighted by molar-refractivity contribution is 5.80. The lowest BCUT2D eigenvalue weighted by molar-refractivity contribution is -0.127. The molecule has 1 amide bonds. The number of benzene rings is 1. The molecule has 7 heteroatoms. The van der Waals surface area contributed by atoms with E-state index < -0.39 is 17.7 Å². The number of nitrogens with zero attached hydrogens (tertiary/aromatic N) is 2. The van der Waals surface area contributed by atoms with Crippen molar-refractivity contribution >= 4 is 5.91 Å². The number of nitrogens with one attached hydrogen (secondary N) is 1. The highest BCUT2D eigenvalue weighted by Gasteiger charge is 2.17. The third-order valence-corrected chi connectivity index (χ3v) is 3.90. The molecule has 1 saturated heterocycles. The number of hydrogen-bond donors (Lipinski definition) is 1. The summed E-state index contributed by atoms with van der Waals surface area (Å²) in [5.41, 5.74) is 0. The van der Waals surface area contributed by atoms with E-state index in [-0.39, 0.29) is 11.7 Å². The molecule has 0 unspecified atom stereocenters. The van der Waals surface area contributed by atoms with Gasteiger partial charge in [-0.3, -0.25) is 9.69 Å². The lowest BCUT2D eigenvalue weighted by Crippen LogP contribution is -2.47. The van der Waals surface area contributed by atoms with Gasteiger partial charge in [0, 0.05) is 45.3 Å². The van der Waals surface area contributed by atoms with Gasteiger partial charge >= 0.3 is 0 Å². The first-order valence-electron chi connectivity index (χ1n) is 7.76. The molecular weight excluding hydrogens is 304 g/mol. The topological polar surface area (TPSA) is 44.8 Å². The average Bonchev–Trinajstić information content (AvgIpc) is 2.52. The Bertz CT molecular complexity index is 534. The maximum Gasteiger partial charge on any atom is 0.260 e. The van der Waals surface area contributed by atoms with Crippen molar-refractivity contribution < 1.29 is 18.3 Å². The van der Waals surface area contributed by atoms with Crippen LogP contribution < -0.4 is 10.1 Å². The van der Waals surface area contributed by atoms with Crippen molar-refractivity contribution in [1.82, 2.24) is 15.1 Å². The fourth-order valence-corrected chi connectivity index (χ4v) is 2.36. The Morgan fingerprint density at radius 2 is 1.96 bits per heavy atom. The normalized spacial score (nSPS) is 17.7. The highest BCUT2D eigenvalue weighted by atomic mass is 19.2. The number of rotatable bonds is 6. The molecular formula is C16H23F2N3O2. The number of ether oxygens (including phenoxy) is 1. The molecule has 2 rings (SSSR count). The average molecular weight is 327 g/mol. The van der Waals surface area contributed by atoms with Crippen molar-refractivity contribution in [2.24, 2.45) is 0 Å². The third kappa shape index (κ3) is 5.44. The first-order valence-corrected chi connectivity index (χ1v) is 7.76. The lowest BCUT2D eigenvalue weighted by Gasteiger charge is -2.32. The Balaban J connectivity index is 1.71. The Morgan fingerprint density at radius 1 is 1.26 bits per heavy atom. The second-order valence-corrected chi connectivity index (χ2v) is 5.77. The van der Waals surface area contributed by atoms with Gasteiger partial charge in [0.25, 0.3) is 5.91 Å². The maximum absolute atomic E-state index is 13.1. The quantitative estimate of drug-likeness (QED) is 0.850. The zero-order valence-electron chi connectivity index (χ0n) is 13.5. The number of carbonyl (C=O) groups is 1. The van der Waals surface area contributed by atoms with E-state index in [1.807, 2.05) is 0 Å². The SMILES string of the molecule is C[C@H](Oc1ccc(F)c(F)c1)C(=O)NCCN1CCN(C)CC1. The largest absolute Gasteiger partial charge is 0.481 e. The second-order valence-electron chi connectivity index (χ2n) is 5.77. The van der Waals surface area contributed by atoms with Crippen molar-refractivity contribution in [1.29, 1.82) is 0 Å². The first-order chi connectivity index (χ1) is 11.0. The van der Waals surface area contributed by atoms with Gasteiger partial charge in [-0.2, -0.15) is 0 Å². The number of hydrogen-bond acceptors (Lipinski definition) is 4. The molecule has 5 nitrogen and oxygen atoms in total. The van der Waals surface area contributed by atoms with E-state index in [2.05, 4.69) is 22.2 Å². The van der Waals surface area contributed by atoms with E-state index in [4.69, 9.17) is 4.74 Å². The molecule has 0 aliphatic carbocycles. The van der Waals surface area contributed by atoms with Gasteiger partial charge in [-0.15, -0.1) is 0 Å².